The largest absolute Gasteiger partial charge is 0.399 e. The van der Waals surface area contributed by atoms with E-state index in [4.69, 9.17) is 5.73 Å². The molecule has 0 radical (unpaired) electrons. The molecule has 0 spiro atoms. The normalized spacial score (nSPS) is 12.5. The summed E-state index contributed by atoms with van der Waals surface area (Å²) in [5.41, 5.74) is 7.00. The van der Waals surface area contributed by atoms with Crippen molar-refractivity contribution in [3.05, 3.63) is 29.8 Å². The highest BCUT2D eigenvalue weighted by molar-refractivity contribution is 5.94. The first-order valence-electron chi connectivity index (χ1n) is 6.27. The van der Waals surface area contributed by atoms with Crippen molar-refractivity contribution in [3.63, 3.8) is 0 Å². The van der Waals surface area contributed by atoms with Gasteiger partial charge >= 0.3 is 0 Å². The molecule has 1 rings (SSSR count). The third-order valence-electron chi connectivity index (χ3n) is 2.92. The Morgan fingerprint density at radius 2 is 1.83 bits per heavy atom. The lowest BCUT2D eigenvalue weighted by molar-refractivity contribution is 0.0679. The first-order chi connectivity index (χ1) is 8.45. The third-order valence-corrected chi connectivity index (χ3v) is 2.92. The van der Waals surface area contributed by atoms with E-state index in [9.17, 15) is 4.79 Å². The molecular formula is C14H23N3O. The van der Waals surface area contributed by atoms with Crippen LogP contribution < -0.4 is 5.73 Å². The molecule has 4 heteroatoms. The van der Waals surface area contributed by atoms with E-state index < -0.39 is 0 Å². The lowest BCUT2D eigenvalue weighted by Crippen LogP contribution is -2.43. The van der Waals surface area contributed by atoms with Crippen LogP contribution in [-0.4, -0.2) is 48.9 Å². The second-order valence-electron chi connectivity index (χ2n) is 4.82. The fourth-order valence-corrected chi connectivity index (χ4v) is 2.07. The van der Waals surface area contributed by atoms with Gasteiger partial charge in [-0.1, -0.05) is 0 Å². The molecule has 1 aromatic rings. The monoisotopic (exact) mass is 249 g/mol. The summed E-state index contributed by atoms with van der Waals surface area (Å²) in [6.07, 6.45) is 0. The molecule has 0 aliphatic carbocycles. The van der Waals surface area contributed by atoms with Crippen LogP contribution in [0.15, 0.2) is 24.3 Å². The smallest absolute Gasteiger partial charge is 0.254 e. The number of rotatable bonds is 5. The Morgan fingerprint density at radius 1 is 1.28 bits per heavy atom. The van der Waals surface area contributed by atoms with Crippen LogP contribution in [-0.2, 0) is 0 Å². The average Bonchev–Trinajstić information content (AvgIpc) is 2.29. The van der Waals surface area contributed by atoms with Gasteiger partial charge in [0.25, 0.3) is 5.91 Å². The van der Waals surface area contributed by atoms with Crippen molar-refractivity contribution in [2.75, 3.05) is 32.9 Å². The highest BCUT2D eigenvalue weighted by Crippen LogP contribution is 2.11. The fourth-order valence-electron chi connectivity index (χ4n) is 2.07. The van der Waals surface area contributed by atoms with Crippen molar-refractivity contribution in [1.29, 1.82) is 0 Å². The molecular weight excluding hydrogens is 226 g/mol. The minimum atomic E-state index is 0.0619. The van der Waals surface area contributed by atoms with Crippen molar-refractivity contribution in [2.45, 2.75) is 19.9 Å². The Balaban J connectivity index is 2.81. The number of amides is 1. The van der Waals surface area contributed by atoms with Gasteiger partial charge in [-0.2, -0.15) is 0 Å². The van der Waals surface area contributed by atoms with Crippen molar-refractivity contribution >= 4 is 11.6 Å². The number of hydrogen-bond donors (Lipinski definition) is 1. The molecule has 0 aliphatic heterocycles. The zero-order valence-corrected chi connectivity index (χ0v) is 11.7. The Morgan fingerprint density at radius 3 is 2.28 bits per heavy atom. The molecule has 0 aliphatic rings. The molecule has 0 heterocycles. The number of likely N-dealkylation sites (N-methyl/N-ethyl adjacent to an activating group) is 2. The number of anilines is 1. The van der Waals surface area contributed by atoms with Crippen LogP contribution in [0.25, 0.3) is 0 Å². The van der Waals surface area contributed by atoms with E-state index in [1.54, 1.807) is 24.3 Å². The zero-order chi connectivity index (χ0) is 13.7. The molecule has 4 nitrogen and oxygen atoms in total. The van der Waals surface area contributed by atoms with E-state index in [1.165, 1.54) is 0 Å². The molecule has 0 saturated carbocycles. The van der Waals surface area contributed by atoms with Crippen molar-refractivity contribution in [3.8, 4) is 0 Å². The maximum absolute atomic E-state index is 12.4. The molecule has 1 amide bonds. The van der Waals surface area contributed by atoms with Gasteiger partial charge < -0.3 is 15.5 Å². The molecule has 1 aromatic carbocycles. The van der Waals surface area contributed by atoms with Crippen LogP contribution in [0.3, 0.4) is 0 Å². The van der Waals surface area contributed by atoms with Gasteiger partial charge in [-0.05, 0) is 52.2 Å². The molecule has 100 valence electrons. The van der Waals surface area contributed by atoms with Gasteiger partial charge in [-0.15, -0.1) is 0 Å². The minimum Gasteiger partial charge on any atom is -0.399 e. The van der Waals surface area contributed by atoms with E-state index in [2.05, 4.69) is 11.8 Å². The summed E-state index contributed by atoms with van der Waals surface area (Å²) < 4.78 is 0. The van der Waals surface area contributed by atoms with Crippen LogP contribution >= 0.6 is 0 Å². The first-order valence-corrected chi connectivity index (χ1v) is 6.27. The number of benzene rings is 1. The van der Waals surface area contributed by atoms with Gasteiger partial charge in [-0.25, -0.2) is 0 Å². The van der Waals surface area contributed by atoms with Crippen LogP contribution in [0.1, 0.15) is 24.2 Å². The number of nitrogens with zero attached hydrogens (tertiary/aromatic N) is 2. The number of nitrogen functional groups attached to an aromatic ring is 1. The van der Waals surface area contributed by atoms with Crippen LogP contribution in [0, 0.1) is 0 Å². The summed E-state index contributed by atoms with van der Waals surface area (Å²) in [7, 11) is 4.02. The maximum Gasteiger partial charge on any atom is 0.254 e. The summed E-state index contributed by atoms with van der Waals surface area (Å²) >= 11 is 0. The molecule has 1 unspecified atom stereocenters. The van der Waals surface area contributed by atoms with Gasteiger partial charge in [0.2, 0.25) is 0 Å². The van der Waals surface area contributed by atoms with Gasteiger partial charge in [0.1, 0.15) is 0 Å². The number of carbonyl (C=O) groups is 1. The fraction of sp³-hybridized carbons (Fsp3) is 0.500. The molecule has 0 aromatic heterocycles. The third kappa shape index (κ3) is 3.74. The van der Waals surface area contributed by atoms with Crippen molar-refractivity contribution < 1.29 is 4.79 Å². The number of hydrogen-bond acceptors (Lipinski definition) is 3. The predicted octanol–water partition coefficient (Wildman–Crippen LogP) is 1.68. The molecule has 2 N–H and O–H groups in total. The van der Waals surface area contributed by atoms with Gasteiger partial charge in [0, 0.05) is 30.4 Å². The minimum absolute atomic E-state index is 0.0619. The maximum atomic E-state index is 12.4. The van der Waals surface area contributed by atoms with Gasteiger partial charge in [-0.3, -0.25) is 4.79 Å². The summed E-state index contributed by atoms with van der Waals surface area (Å²) in [5.74, 6) is 0.0619. The molecule has 1 atom stereocenters. The van der Waals surface area contributed by atoms with Gasteiger partial charge in [0.15, 0.2) is 0 Å². The summed E-state index contributed by atoms with van der Waals surface area (Å²) in [6.45, 7) is 5.63. The Bertz CT molecular complexity index is 387. The zero-order valence-electron chi connectivity index (χ0n) is 11.7. The summed E-state index contributed by atoms with van der Waals surface area (Å²) in [6, 6.07) is 7.27. The SMILES string of the molecule is CCN(C(=O)c1ccc(N)cc1)C(C)CN(C)C. The first kappa shape index (κ1) is 14.5. The van der Waals surface area contributed by atoms with Crippen LogP contribution in [0.4, 0.5) is 5.69 Å². The second-order valence-corrected chi connectivity index (χ2v) is 4.82. The van der Waals surface area contributed by atoms with E-state index in [0.717, 1.165) is 6.54 Å². The molecule has 0 bridgehead atoms. The summed E-state index contributed by atoms with van der Waals surface area (Å²) in [5, 5.41) is 0. The second kappa shape index (κ2) is 6.40. The van der Waals surface area contributed by atoms with E-state index in [0.29, 0.717) is 17.8 Å². The standard InChI is InChI=1S/C14H23N3O/c1-5-17(11(2)10-16(3)4)14(18)12-6-8-13(15)9-7-12/h6-9,11H,5,10,15H2,1-4H3. The summed E-state index contributed by atoms with van der Waals surface area (Å²) in [4.78, 5) is 16.3. The van der Waals surface area contributed by atoms with Crippen LogP contribution in [0.5, 0.6) is 0 Å². The van der Waals surface area contributed by atoms with Crippen molar-refractivity contribution in [2.24, 2.45) is 0 Å². The Labute approximate surface area is 109 Å². The van der Waals surface area contributed by atoms with Crippen molar-refractivity contribution in [1.82, 2.24) is 9.80 Å². The molecule has 0 saturated heterocycles. The highest BCUT2D eigenvalue weighted by Gasteiger charge is 2.20. The topological polar surface area (TPSA) is 49.6 Å². The number of carbonyl (C=O) groups excluding carboxylic acids is 1. The van der Waals surface area contributed by atoms with E-state index in [1.807, 2.05) is 25.9 Å². The van der Waals surface area contributed by atoms with E-state index >= 15 is 0 Å². The Kier molecular flexibility index (Phi) is 5.16. The quantitative estimate of drug-likeness (QED) is 0.808. The Hall–Kier alpha value is -1.55. The van der Waals surface area contributed by atoms with E-state index in [-0.39, 0.29) is 11.9 Å². The highest BCUT2D eigenvalue weighted by atomic mass is 16.2. The predicted molar refractivity (Wildman–Crippen MR) is 75.6 cm³/mol. The number of nitrogens with two attached hydrogens (primary N) is 1. The van der Waals surface area contributed by atoms with Crippen LogP contribution in [0.2, 0.25) is 0 Å². The molecule has 0 fully saturated rings. The van der Waals surface area contributed by atoms with Gasteiger partial charge in [0.05, 0.1) is 0 Å². The lowest BCUT2D eigenvalue weighted by atomic mass is 10.1. The average molecular weight is 249 g/mol. The lowest BCUT2D eigenvalue weighted by Gasteiger charge is -2.30. The molecule has 18 heavy (non-hydrogen) atoms.